The van der Waals surface area contributed by atoms with E-state index >= 15 is 0 Å². The molecule has 0 spiro atoms. The van der Waals surface area contributed by atoms with E-state index in [-0.39, 0.29) is 11.2 Å². The Morgan fingerprint density at radius 3 is 3.00 bits per heavy atom. The zero-order chi connectivity index (χ0) is 13.2. The van der Waals surface area contributed by atoms with Crippen molar-refractivity contribution in [3.63, 3.8) is 0 Å². The molecule has 1 atom stereocenters. The number of hydrogen-bond acceptors (Lipinski definition) is 3. The molecule has 1 N–H and O–H groups in total. The van der Waals surface area contributed by atoms with Crippen molar-refractivity contribution < 1.29 is 9.90 Å². The van der Waals surface area contributed by atoms with Crippen LogP contribution in [0, 0.1) is 5.41 Å². The standard InChI is InChI=1S/C15H21NO2/c1-3-4-5-14-15(2)9-11(10-17)13(18)8-12(15)6-7-16-14/h8,10,17H,3-7,9H2,1-2H3. The number of hydrogen-bond donors (Lipinski definition) is 1. The zero-order valence-electron chi connectivity index (χ0n) is 11.2. The highest BCUT2D eigenvalue weighted by atomic mass is 16.2. The molecule has 1 heterocycles. The Bertz CT molecular complexity index is 445. The molecule has 0 aromatic heterocycles. The van der Waals surface area contributed by atoms with E-state index in [4.69, 9.17) is 0 Å². The van der Waals surface area contributed by atoms with E-state index in [0.717, 1.165) is 38.5 Å². The van der Waals surface area contributed by atoms with Crippen LogP contribution < -0.4 is 0 Å². The number of fused-ring (bicyclic) bond motifs is 1. The zero-order valence-corrected chi connectivity index (χ0v) is 11.2. The molecule has 0 aromatic carbocycles. The van der Waals surface area contributed by atoms with E-state index in [2.05, 4.69) is 18.8 Å². The van der Waals surface area contributed by atoms with Gasteiger partial charge in [-0.1, -0.05) is 25.8 Å². The molecule has 0 radical (unpaired) electrons. The fourth-order valence-electron chi connectivity index (χ4n) is 2.92. The third-order valence-corrected chi connectivity index (χ3v) is 4.12. The van der Waals surface area contributed by atoms with E-state index in [0.29, 0.717) is 12.0 Å². The average molecular weight is 247 g/mol. The van der Waals surface area contributed by atoms with Crippen molar-refractivity contribution in [1.29, 1.82) is 0 Å². The maximum Gasteiger partial charge on any atom is 0.184 e. The molecule has 1 aliphatic heterocycles. The molecule has 0 saturated heterocycles. The molecule has 18 heavy (non-hydrogen) atoms. The molecule has 0 fully saturated rings. The second-order valence-corrected chi connectivity index (χ2v) is 5.38. The second-order valence-electron chi connectivity index (χ2n) is 5.38. The van der Waals surface area contributed by atoms with Crippen LogP contribution in [0.15, 0.2) is 28.5 Å². The molecule has 3 nitrogen and oxygen atoms in total. The van der Waals surface area contributed by atoms with Crippen LogP contribution in [0.25, 0.3) is 0 Å². The number of aliphatic hydroxyl groups excluding tert-OH is 1. The van der Waals surface area contributed by atoms with Crippen LogP contribution in [0.4, 0.5) is 0 Å². The largest absolute Gasteiger partial charge is 0.515 e. The Kier molecular flexibility index (Phi) is 3.69. The number of unbranched alkanes of at least 4 members (excludes halogenated alkanes) is 1. The normalized spacial score (nSPS) is 29.9. The Morgan fingerprint density at radius 1 is 1.56 bits per heavy atom. The Hall–Kier alpha value is -1.38. The third kappa shape index (κ3) is 2.14. The number of aliphatic imine (C=N–C) groups is 1. The maximum atomic E-state index is 11.8. The molecule has 0 amide bonds. The lowest BCUT2D eigenvalue weighted by Crippen LogP contribution is -2.38. The minimum atomic E-state index is -0.143. The van der Waals surface area contributed by atoms with E-state index in [1.54, 1.807) is 6.08 Å². The summed E-state index contributed by atoms with van der Waals surface area (Å²) in [6.45, 7) is 5.13. The minimum absolute atomic E-state index is 0.0401. The highest BCUT2D eigenvalue weighted by molar-refractivity contribution is 6.08. The van der Waals surface area contributed by atoms with Crippen molar-refractivity contribution in [1.82, 2.24) is 0 Å². The van der Waals surface area contributed by atoms with Crippen LogP contribution >= 0.6 is 0 Å². The van der Waals surface area contributed by atoms with Crippen LogP contribution in [0.5, 0.6) is 0 Å². The van der Waals surface area contributed by atoms with Gasteiger partial charge in [0.05, 0.1) is 6.26 Å². The summed E-state index contributed by atoms with van der Waals surface area (Å²) < 4.78 is 0. The summed E-state index contributed by atoms with van der Waals surface area (Å²) >= 11 is 0. The number of aliphatic hydroxyl groups is 1. The van der Waals surface area contributed by atoms with Crippen LogP contribution in [0.2, 0.25) is 0 Å². The van der Waals surface area contributed by atoms with Crippen molar-refractivity contribution in [2.24, 2.45) is 10.4 Å². The van der Waals surface area contributed by atoms with Crippen LogP contribution in [-0.4, -0.2) is 23.1 Å². The summed E-state index contributed by atoms with van der Waals surface area (Å²) in [6.07, 6.45) is 7.42. The fourth-order valence-corrected chi connectivity index (χ4v) is 2.92. The molecule has 1 unspecified atom stereocenters. The van der Waals surface area contributed by atoms with Crippen LogP contribution in [-0.2, 0) is 4.79 Å². The van der Waals surface area contributed by atoms with Crippen molar-refractivity contribution >= 4 is 11.5 Å². The molecule has 0 saturated carbocycles. The monoisotopic (exact) mass is 247 g/mol. The fraction of sp³-hybridized carbons (Fsp3) is 0.600. The lowest BCUT2D eigenvalue weighted by atomic mass is 9.65. The van der Waals surface area contributed by atoms with Crippen molar-refractivity contribution in [3.8, 4) is 0 Å². The summed E-state index contributed by atoms with van der Waals surface area (Å²) in [6, 6.07) is 0. The van der Waals surface area contributed by atoms with Gasteiger partial charge in [0.25, 0.3) is 0 Å². The van der Waals surface area contributed by atoms with Gasteiger partial charge in [-0.05, 0) is 31.8 Å². The van der Waals surface area contributed by atoms with E-state index in [1.165, 1.54) is 11.3 Å². The average Bonchev–Trinajstić information content (AvgIpc) is 2.36. The molecular formula is C15H21NO2. The summed E-state index contributed by atoms with van der Waals surface area (Å²) in [4.78, 5) is 16.5. The number of carbonyl (C=O) groups excluding carboxylic acids is 1. The first-order valence-corrected chi connectivity index (χ1v) is 6.74. The van der Waals surface area contributed by atoms with Gasteiger partial charge in [0.1, 0.15) is 0 Å². The van der Waals surface area contributed by atoms with Crippen LogP contribution in [0.3, 0.4) is 0 Å². The predicted molar refractivity (Wildman–Crippen MR) is 73.0 cm³/mol. The van der Waals surface area contributed by atoms with Gasteiger partial charge < -0.3 is 5.11 Å². The highest BCUT2D eigenvalue weighted by Gasteiger charge is 2.41. The summed E-state index contributed by atoms with van der Waals surface area (Å²) in [5.41, 5.74) is 2.76. The maximum absolute atomic E-state index is 11.8. The topological polar surface area (TPSA) is 49.7 Å². The number of rotatable bonds is 3. The molecule has 2 aliphatic rings. The van der Waals surface area contributed by atoms with Gasteiger partial charge in [0, 0.05) is 23.2 Å². The SMILES string of the molecule is CCCCC1=NCCC2=CC(=O)C(=CO)CC21C. The van der Waals surface area contributed by atoms with Gasteiger partial charge in [-0.3, -0.25) is 9.79 Å². The van der Waals surface area contributed by atoms with E-state index in [1.807, 2.05) is 0 Å². The van der Waals surface area contributed by atoms with Crippen LogP contribution in [0.1, 0.15) is 46.0 Å². The van der Waals surface area contributed by atoms with Crippen molar-refractivity contribution in [3.05, 3.63) is 23.5 Å². The Labute approximate surface area is 108 Å². The third-order valence-electron chi connectivity index (χ3n) is 4.12. The van der Waals surface area contributed by atoms with Gasteiger partial charge in [0.2, 0.25) is 0 Å². The van der Waals surface area contributed by atoms with Gasteiger partial charge in [-0.25, -0.2) is 0 Å². The molecular weight excluding hydrogens is 226 g/mol. The van der Waals surface area contributed by atoms with Gasteiger partial charge in [-0.15, -0.1) is 0 Å². The summed E-state index contributed by atoms with van der Waals surface area (Å²) in [5, 5.41) is 9.18. The number of nitrogens with zero attached hydrogens (tertiary/aromatic N) is 1. The van der Waals surface area contributed by atoms with Gasteiger partial charge in [0.15, 0.2) is 5.78 Å². The number of carbonyl (C=O) groups is 1. The first-order valence-electron chi connectivity index (χ1n) is 6.74. The van der Waals surface area contributed by atoms with Crippen molar-refractivity contribution in [2.75, 3.05) is 6.54 Å². The van der Waals surface area contributed by atoms with Gasteiger partial charge in [-0.2, -0.15) is 0 Å². The molecule has 0 bridgehead atoms. The first-order chi connectivity index (χ1) is 8.61. The van der Waals surface area contributed by atoms with E-state index < -0.39 is 0 Å². The smallest absolute Gasteiger partial charge is 0.184 e. The Morgan fingerprint density at radius 2 is 2.33 bits per heavy atom. The molecule has 1 aliphatic carbocycles. The minimum Gasteiger partial charge on any atom is -0.515 e. The lowest BCUT2D eigenvalue weighted by Gasteiger charge is -2.40. The molecule has 3 heteroatoms. The number of ketones is 1. The lowest BCUT2D eigenvalue weighted by molar-refractivity contribution is -0.112. The summed E-state index contributed by atoms with van der Waals surface area (Å²) in [7, 11) is 0. The second kappa shape index (κ2) is 5.09. The van der Waals surface area contributed by atoms with Crippen molar-refractivity contribution in [2.45, 2.75) is 46.0 Å². The number of allylic oxidation sites excluding steroid dienone is 2. The molecule has 2 rings (SSSR count). The summed E-state index contributed by atoms with van der Waals surface area (Å²) in [5.74, 6) is -0.0401. The predicted octanol–water partition coefficient (Wildman–Crippen LogP) is 3.37. The highest BCUT2D eigenvalue weighted by Crippen LogP contribution is 2.44. The molecule has 0 aromatic rings. The molecule has 98 valence electrons. The van der Waals surface area contributed by atoms with Gasteiger partial charge >= 0.3 is 0 Å². The Balaban J connectivity index is 2.34. The quantitative estimate of drug-likeness (QED) is 0.614. The van der Waals surface area contributed by atoms with E-state index in [9.17, 15) is 9.90 Å². The first kappa shape index (κ1) is 13.1.